The van der Waals surface area contributed by atoms with Crippen molar-refractivity contribution in [3.8, 4) is 0 Å². The molecule has 0 fully saturated rings. The molecule has 2 rings (SSSR count). The average molecular weight is 345 g/mol. The fourth-order valence-corrected chi connectivity index (χ4v) is 1.86. The summed E-state index contributed by atoms with van der Waals surface area (Å²) in [7, 11) is 0. The van der Waals surface area contributed by atoms with Gasteiger partial charge in [0, 0.05) is 14.3 Å². The minimum absolute atomic E-state index is 0.669. The minimum atomic E-state index is 0.669. The van der Waals surface area contributed by atoms with E-state index in [0.29, 0.717) is 10.7 Å². The number of anilines is 3. The summed E-state index contributed by atoms with van der Waals surface area (Å²) in [6.07, 6.45) is 0. The molecule has 2 aromatic carbocycles. The molecule has 0 aliphatic rings. The standard InChI is InChI=1S/C12H10ClIN2/c13-8-1-6-11(15)12(7-8)16-10-4-2-9(14)3-5-10/h1-7,16H,15H2. The lowest BCUT2D eigenvalue weighted by molar-refractivity contribution is 1.53. The molecule has 0 aliphatic heterocycles. The number of hydrogen-bond donors (Lipinski definition) is 2. The summed E-state index contributed by atoms with van der Waals surface area (Å²) >= 11 is 8.18. The normalized spacial score (nSPS) is 10.1. The predicted molar refractivity (Wildman–Crippen MR) is 78.3 cm³/mol. The predicted octanol–water partition coefficient (Wildman–Crippen LogP) is 4.27. The van der Waals surface area contributed by atoms with E-state index in [-0.39, 0.29) is 0 Å². The van der Waals surface area contributed by atoms with E-state index >= 15 is 0 Å². The summed E-state index contributed by atoms with van der Waals surface area (Å²) in [6, 6.07) is 13.4. The van der Waals surface area contributed by atoms with E-state index < -0.39 is 0 Å². The average Bonchev–Trinajstić information content (AvgIpc) is 2.27. The molecule has 82 valence electrons. The first-order valence-corrected chi connectivity index (χ1v) is 6.18. The molecule has 0 heterocycles. The van der Waals surface area contributed by atoms with E-state index in [1.807, 2.05) is 30.3 Å². The number of benzene rings is 2. The topological polar surface area (TPSA) is 38.0 Å². The van der Waals surface area contributed by atoms with Crippen LogP contribution in [0.25, 0.3) is 0 Å². The second-order valence-corrected chi connectivity index (χ2v) is 5.05. The van der Waals surface area contributed by atoms with Crippen LogP contribution >= 0.6 is 34.2 Å². The zero-order chi connectivity index (χ0) is 11.5. The highest BCUT2D eigenvalue weighted by molar-refractivity contribution is 14.1. The molecular formula is C12H10ClIN2. The van der Waals surface area contributed by atoms with E-state index in [1.165, 1.54) is 3.57 Å². The Morgan fingerprint density at radius 1 is 1.06 bits per heavy atom. The van der Waals surface area contributed by atoms with Gasteiger partial charge in [-0.05, 0) is 65.1 Å². The molecule has 16 heavy (non-hydrogen) atoms. The molecule has 0 saturated heterocycles. The maximum atomic E-state index is 5.91. The Kier molecular flexibility index (Phi) is 3.56. The van der Waals surface area contributed by atoms with Gasteiger partial charge in [0.1, 0.15) is 0 Å². The highest BCUT2D eigenvalue weighted by atomic mass is 127. The van der Waals surface area contributed by atoms with Crippen LogP contribution in [0.1, 0.15) is 0 Å². The molecule has 4 heteroatoms. The monoisotopic (exact) mass is 344 g/mol. The molecule has 2 nitrogen and oxygen atoms in total. The van der Waals surface area contributed by atoms with Gasteiger partial charge in [-0.15, -0.1) is 0 Å². The molecule has 3 N–H and O–H groups in total. The SMILES string of the molecule is Nc1ccc(Cl)cc1Nc1ccc(I)cc1. The van der Waals surface area contributed by atoms with Crippen LogP contribution < -0.4 is 11.1 Å². The third-order valence-electron chi connectivity index (χ3n) is 2.14. The Labute approximate surface area is 113 Å². The van der Waals surface area contributed by atoms with Crippen molar-refractivity contribution < 1.29 is 0 Å². The number of hydrogen-bond acceptors (Lipinski definition) is 2. The van der Waals surface area contributed by atoms with Crippen molar-refractivity contribution in [1.29, 1.82) is 0 Å². The van der Waals surface area contributed by atoms with Crippen LogP contribution in [0.4, 0.5) is 17.1 Å². The van der Waals surface area contributed by atoms with Crippen LogP contribution in [0, 0.1) is 3.57 Å². The molecular weight excluding hydrogens is 335 g/mol. The van der Waals surface area contributed by atoms with E-state index in [0.717, 1.165) is 11.4 Å². The number of nitrogens with one attached hydrogen (secondary N) is 1. The lowest BCUT2D eigenvalue weighted by Crippen LogP contribution is -1.95. The van der Waals surface area contributed by atoms with Crippen molar-refractivity contribution >= 4 is 51.3 Å². The van der Waals surface area contributed by atoms with Crippen molar-refractivity contribution in [3.63, 3.8) is 0 Å². The van der Waals surface area contributed by atoms with Crippen LogP contribution in [-0.4, -0.2) is 0 Å². The van der Waals surface area contributed by atoms with Crippen LogP contribution in [-0.2, 0) is 0 Å². The Bertz CT molecular complexity index is 497. The van der Waals surface area contributed by atoms with Gasteiger partial charge in [-0.25, -0.2) is 0 Å². The zero-order valence-electron chi connectivity index (χ0n) is 8.37. The van der Waals surface area contributed by atoms with Crippen molar-refractivity contribution in [2.75, 3.05) is 11.1 Å². The van der Waals surface area contributed by atoms with Gasteiger partial charge in [0.25, 0.3) is 0 Å². The summed E-state index contributed by atoms with van der Waals surface area (Å²) in [5.74, 6) is 0. The van der Waals surface area contributed by atoms with E-state index in [2.05, 4.69) is 27.9 Å². The molecule has 0 radical (unpaired) electrons. The van der Waals surface area contributed by atoms with Crippen molar-refractivity contribution in [1.82, 2.24) is 0 Å². The van der Waals surface area contributed by atoms with Gasteiger partial charge in [-0.2, -0.15) is 0 Å². The Morgan fingerprint density at radius 3 is 2.44 bits per heavy atom. The summed E-state index contributed by atoms with van der Waals surface area (Å²) < 4.78 is 1.20. The fourth-order valence-electron chi connectivity index (χ4n) is 1.33. The van der Waals surface area contributed by atoms with Crippen LogP contribution in [0.3, 0.4) is 0 Å². The number of nitrogen functional groups attached to an aromatic ring is 1. The van der Waals surface area contributed by atoms with Crippen molar-refractivity contribution in [2.45, 2.75) is 0 Å². The van der Waals surface area contributed by atoms with Crippen molar-refractivity contribution in [2.24, 2.45) is 0 Å². The van der Waals surface area contributed by atoms with E-state index in [1.54, 1.807) is 12.1 Å². The molecule has 0 spiro atoms. The fraction of sp³-hybridized carbons (Fsp3) is 0. The van der Waals surface area contributed by atoms with Gasteiger partial charge in [-0.3, -0.25) is 0 Å². The van der Waals surface area contributed by atoms with Gasteiger partial charge >= 0.3 is 0 Å². The number of rotatable bonds is 2. The quantitative estimate of drug-likeness (QED) is 0.631. The largest absolute Gasteiger partial charge is 0.397 e. The maximum absolute atomic E-state index is 5.91. The zero-order valence-corrected chi connectivity index (χ0v) is 11.3. The van der Waals surface area contributed by atoms with Gasteiger partial charge < -0.3 is 11.1 Å². The Balaban J connectivity index is 2.26. The molecule has 0 bridgehead atoms. The first kappa shape index (κ1) is 11.5. The summed E-state index contributed by atoms with van der Waals surface area (Å²) in [5, 5.41) is 3.90. The first-order valence-electron chi connectivity index (χ1n) is 4.73. The highest BCUT2D eigenvalue weighted by Crippen LogP contribution is 2.26. The number of nitrogens with two attached hydrogens (primary N) is 1. The molecule has 0 aromatic heterocycles. The molecule has 2 aromatic rings. The maximum Gasteiger partial charge on any atom is 0.0632 e. The van der Waals surface area contributed by atoms with Gasteiger partial charge in [0.05, 0.1) is 11.4 Å². The molecule has 0 atom stereocenters. The summed E-state index contributed by atoms with van der Waals surface area (Å²) in [5.41, 5.74) is 8.35. The Morgan fingerprint density at radius 2 is 1.75 bits per heavy atom. The summed E-state index contributed by atoms with van der Waals surface area (Å²) in [4.78, 5) is 0. The number of halogens is 2. The minimum Gasteiger partial charge on any atom is -0.397 e. The molecule has 0 amide bonds. The van der Waals surface area contributed by atoms with Crippen LogP contribution in [0.5, 0.6) is 0 Å². The lowest BCUT2D eigenvalue weighted by atomic mass is 10.2. The third-order valence-corrected chi connectivity index (χ3v) is 3.09. The van der Waals surface area contributed by atoms with Gasteiger partial charge in [-0.1, -0.05) is 11.6 Å². The van der Waals surface area contributed by atoms with E-state index in [4.69, 9.17) is 17.3 Å². The van der Waals surface area contributed by atoms with Crippen molar-refractivity contribution in [3.05, 3.63) is 51.1 Å². The molecule has 0 unspecified atom stereocenters. The smallest absolute Gasteiger partial charge is 0.0632 e. The van der Waals surface area contributed by atoms with Crippen LogP contribution in [0.15, 0.2) is 42.5 Å². The first-order chi connectivity index (χ1) is 7.65. The highest BCUT2D eigenvalue weighted by Gasteiger charge is 2.00. The van der Waals surface area contributed by atoms with E-state index in [9.17, 15) is 0 Å². The second-order valence-electron chi connectivity index (χ2n) is 3.36. The lowest BCUT2D eigenvalue weighted by Gasteiger charge is -2.09. The van der Waals surface area contributed by atoms with Gasteiger partial charge in [0.15, 0.2) is 0 Å². The third kappa shape index (κ3) is 2.80. The molecule has 0 saturated carbocycles. The molecule has 0 aliphatic carbocycles. The van der Waals surface area contributed by atoms with Crippen LogP contribution in [0.2, 0.25) is 5.02 Å². The summed E-state index contributed by atoms with van der Waals surface area (Å²) in [6.45, 7) is 0. The Hall–Kier alpha value is -0.940. The second kappa shape index (κ2) is 4.93. The van der Waals surface area contributed by atoms with Gasteiger partial charge in [0.2, 0.25) is 0 Å².